The van der Waals surface area contributed by atoms with E-state index in [2.05, 4.69) is 30.6 Å². The number of H-pyrrole nitrogens is 2. The van der Waals surface area contributed by atoms with Crippen molar-refractivity contribution in [2.45, 2.75) is 117 Å². The van der Waals surface area contributed by atoms with Crippen molar-refractivity contribution < 1.29 is 27.2 Å². The summed E-state index contributed by atoms with van der Waals surface area (Å²) in [7, 11) is 0. The van der Waals surface area contributed by atoms with E-state index in [9.17, 15) is 27.2 Å². The van der Waals surface area contributed by atoms with Gasteiger partial charge in [-0.3, -0.25) is 9.59 Å². The van der Waals surface area contributed by atoms with Crippen molar-refractivity contribution in [3.8, 4) is 33.9 Å². The molecule has 2 saturated carbocycles. The van der Waals surface area contributed by atoms with Crippen molar-refractivity contribution in [3.63, 3.8) is 0 Å². The number of rotatable bonds is 9. The molecule has 10 nitrogen and oxygen atoms in total. The van der Waals surface area contributed by atoms with Crippen LogP contribution in [0.1, 0.15) is 117 Å². The van der Waals surface area contributed by atoms with Gasteiger partial charge < -0.3 is 20.6 Å². The fourth-order valence-corrected chi connectivity index (χ4v) is 7.18. The number of nitrogens with zero attached hydrogens (tertiary/aromatic N) is 4. The number of alkyl halides is 4. The second-order valence-electron chi connectivity index (χ2n) is 17.1. The van der Waals surface area contributed by atoms with E-state index < -0.39 is 46.6 Å². The third-order valence-corrected chi connectivity index (χ3v) is 10.6. The number of hydrogen-bond acceptors (Lipinski definition) is 6. The molecule has 2 aliphatic carbocycles. The Kier molecular flexibility index (Phi) is 10.8. The maximum Gasteiger partial charge on any atom is 0.248 e. The summed E-state index contributed by atoms with van der Waals surface area (Å²) in [5.74, 6) is -5.10. The Morgan fingerprint density at radius 1 is 0.648 bits per heavy atom. The Bertz CT molecular complexity index is 1770. The van der Waals surface area contributed by atoms with Crippen LogP contribution >= 0.6 is 0 Å². The van der Waals surface area contributed by atoms with E-state index in [1.54, 1.807) is 24.8 Å². The molecule has 54 heavy (non-hydrogen) atoms. The second kappa shape index (κ2) is 14.9. The molecule has 290 valence electrons. The highest BCUT2D eigenvalue weighted by atomic mass is 19.3. The van der Waals surface area contributed by atoms with E-state index in [1.165, 1.54) is 0 Å². The number of nitrogens with one attached hydrogen (secondary N) is 4. The van der Waals surface area contributed by atoms with Crippen molar-refractivity contribution in [2.24, 2.45) is 22.7 Å². The molecule has 14 heteroatoms. The fraction of sp³-hybridized carbons (Fsp3) is 0.550. The van der Waals surface area contributed by atoms with E-state index in [0.717, 1.165) is 11.1 Å². The summed E-state index contributed by atoms with van der Waals surface area (Å²) in [6.07, 6.45) is 6.43. The van der Waals surface area contributed by atoms with Crippen molar-refractivity contribution >= 4 is 11.8 Å². The summed E-state index contributed by atoms with van der Waals surface area (Å²) in [5, 5.41) is 6.14. The van der Waals surface area contributed by atoms with E-state index in [0.29, 0.717) is 34.4 Å². The number of carbonyl (C=O) groups excluding carboxylic acids is 2. The molecule has 0 bridgehead atoms. The number of amides is 2. The van der Waals surface area contributed by atoms with Gasteiger partial charge in [0.05, 0.1) is 23.5 Å². The van der Waals surface area contributed by atoms with Crippen LogP contribution in [0.15, 0.2) is 49.1 Å². The standard InChI is InChI=1S/C40H50F4N8O2/c1-37(2,3)30(51-35(53)25-11-15-39(41,42)16-12-25)33-47-21-28(49-33)23-7-9-24(10-8-23)32-45-19-27(20-46-32)29-22-48-34(50-29)31(38(4,5)6)52-36(54)26-13-17-40(43,44)18-14-26/h7-10,19-22,25-26,30-31H,11-18H2,1-6H3,(H,47,49)(H,48,50)(H,51,53)(H,52,54)/t30-,31-/m1/s1. The summed E-state index contributed by atoms with van der Waals surface area (Å²) >= 11 is 0. The summed E-state index contributed by atoms with van der Waals surface area (Å²) in [6, 6.07) is 6.71. The Hall–Kier alpha value is -4.62. The van der Waals surface area contributed by atoms with Crippen LogP contribution in [0.25, 0.3) is 33.9 Å². The van der Waals surface area contributed by atoms with Crippen LogP contribution in [0.2, 0.25) is 0 Å². The van der Waals surface area contributed by atoms with Gasteiger partial charge in [-0.25, -0.2) is 37.5 Å². The third-order valence-electron chi connectivity index (χ3n) is 10.6. The summed E-state index contributed by atoms with van der Waals surface area (Å²) in [4.78, 5) is 51.3. The summed E-state index contributed by atoms with van der Waals surface area (Å²) in [6.45, 7) is 11.9. The van der Waals surface area contributed by atoms with Crippen molar-refractivity contribution in [1.82, 2.24) is 40.5 Å². The molecule has 0 spiro atoms. The molecule has 3 aromatic heterocycles. The summed E-state index contributed by atoms with van der Waals surface area (Å²) in [5.41, 5.74) is 2.81. The van der Waals surface area contributed by atoms with Gasteiger partial charge in [-0.05, 0) is 36.5 Å². The van der Waals surface area contributed by atoms with Crippen LogP contribution < -0.4 is 10.6 Å². The third kappa shape index (κ3) is 9.18. The van der Waals surface area contributed by atoms with Gasteiger partial charge in [-0.15, -0.1) is 0 Å². The van der Waals surface area contributed by atoms with E-state index in [1.807, 2.05) is 65.8 Å². The first-order valence-electron chi connectivity index (χ1n) is 18.7. The SMILES string of the molecule is CC(C)(C)[C@H](NC(=O)C1CCC(F)(F)CC1)c1nc(-c2ccc(-c3ncc(-c4c[nH]c([C@@H](NC(=O)C5CCC(F)(F)CC5)C(C)(C)C)n4)cn3)cc2)c[nH]1. The molecule has 0 aliphatic heterocycles. The van der Waals surface area contributed by atoms with Gasteiger partial charge in [0, 0.05) is 79.0 Å². The molecule has 4 N–H and O–H groups in total. The molecule has 0 radical (unpaired) electrons. The maximum atomic E-state index is 13.7. The lowest BCUT2D eigenvalue weighted by molar-refractivity contribution is -0.131. The van der Waals surface area contributed by atoms with Gasteiger partial charge in [0.25, 0.3) is 0 Å². The predicted molar refractivity (Wildman–Crippen MR) is 197 cm³/mol. The molecule has 0 saturated heterocycles. The lowest BCUT2D eigenvalue weighted by Crippen LogP contribution is -2.42. The number of hydrogen-bond donors (Lipinski definition) is 4. The van der Waals surface area contributed by atoms with Gasteiger partial charge in [-0.1, -0.05) is 65.8 Å². The number of halogens is 4. The number of imidazole rings is 2. The first-order chi connectivity index (χ1) is 25.3. The van der Waals surface area contributed by atoms with E-state index in [4.69, 9.17) is 9.97 Å². The molecule has 2 amide bonds. The number of benzene rings is 1. The maximum absolute atomic E-state index is 13.7. The number of carbonyl (C=O) groups is 2. The van der Waals surface area contributed by atoms with Crippen molar-refractivity contribution in [2.75, 3.05) is 0 Å². The molecule has 0 unspecified atom stereocenters. The van der Waals surface area contributed by atoms with Gasteiger partial charge in [0.1, 0.15) is 11.6 Å². The molecular formula is C40H50F4N8O2. The van der Waals surface area contributed by atoms with Crippen LogP contribution in [-0.2, 0) is 9.59 Å². The Morgan fingerprint density at radius 2 is 1.02 bits per heavy atom. The lowest BCUT2D eigenvalue weighted by atomic mass is 9.83. The minimum absolute atomic E-state index is 0.158. The van der Waals surface area contributed by atoms with Crippen LogP contribution in [-0.4, -0.2) is 53.6 Å². The Labute approximate surface area is 313 Å². The first-order valence-corrected chi connectivity index (χ1v) is 18.7. The Morgan fingerprint density at radius 3 is 1.41 bits per heavy atom. The van der Waals surface area contributed by atoms with Crippen LogP contribution in [0.3, 0.4) is 0 Å². The van der Waals surface area contributed by atoms with Crippen molar-refractivity contribution in [3.05, 3.63) is 60.7 Å². The normalized spacial score (nSPS) is 19.2. The highest BCUT2D eigenvalue weighted by Gasteiger charge is 2.41. The Balaban J connectivity index is 1.10. The molecule has 2 aliphatic rings. The number of aromatic amines is 2. The number of aromatic nitrogens is 6. The first kappa shape index (κ1) is 39.1. The summed E-state index contributed by atoms with van der Waals surface area (Å²) < 4.78 is 54.7. The largest absolute Gasteiger partial charge is 0.346 e. The minimum Gasteiger partial charge on any atom is -0.346 e. The average Bonchev–Trinajstić information content (AvgIpc) is 3.79. The van der Waals surface area contributed by atoms with Crippen molar-refractivity contribution in [1.29, 1.82) is 0 Å². The van der Waals surface area contributed by atoms with Crippen LogP contribution in [0, 0.1) is 22.7 Å². The van der Waals surface area contributed by atoms with Gasteiger partial charge in [0.2, 0.25) is 23.7 Å². The second-order valence-corrected chi connectivity index (χ2v) is 17.1. The van der Waals surface area contributed by atoms with E-state index >= 15 is 0 Å². The van der Waals surface area contributed by atoms with Gasteiger partial charge >= 0.3 is 0 Å². The molecular weight excluding hydrogens is 700 g/mol. The molecule has 2 fully saturated rings. The molecule has 3 heterocycles. The predicted octanol–water partition coefficient (Wildman–Crippen LogP) is 8.98. The topological polar surface area (TPSA) is 141 Å². The average molecular weight is 751 g/mol. The monoisotopic (exact) mass is 750 g/mol. The zero-order valence-corrected chi connectivity index (χ0v) is 31.7. The molecule has 1 aromatic carbocycles. The van der Waals surface area contributed by atoms with Gasteiger partial charge in [0.15, 0.2) is 5.82 Å². The molecule has 4 aromatic rings. The zero-order chi connectivity index (χ0) is 39.1. The molecule has 6 rings (SSSR count). The van der Waals surface area contributed by atoms with Gasteiger partial charge in [-0.2, -0.15) is 0 Å². The highest BCUT2D eigenvalue weighted by molar-refractivity contribution is 5.80. The fourth-order valence-electron chi connectivity index (χ4n) is 7.18. The smallest absolute Gasteiger partial charge is 0.248 e. The lowest BCUT2D eigenvalue weighted by Gasteiger charge is -2.33. The minimum atomic E-state index is -2.70. The van der Waals surface area contributed by atoms with Crippen LogP contribution in [0.5, 0.6) is 0 Å². The highest BCUT2D eigenvalue weighted by Crippen LogP contribution is 2.40. The quantitative estimate of drug-likeness (QED) is 0.126. The van der Waals surface area contributed by atoms with Crippen LogP contribution in [0.4, 0.5) is 17.6 Å². The zero-order valence-electron chi connectivity index (χ0n) is 31.7. The molecule has 2 atom stereocenters. The van der Waals surface area contributed by atoms with E-state index in [-0.39, 0.29) is 63.2 Å².